The number of primary amides is 1. The number of amides is 7. The summed E-state index contributed by atoms with van der Waals surface area (Å²) in [7, 11) is 0. The minimum atomic E-state index is -1.52. The molecule has 7 amide bonds. The van der Waals surface area contributed by atoms with Crippen molar-refractivity contribution in [1.29, 1.82) is 0 Å². The van der Waals surface area contributed by atoms with Crippen LogP contribution in [0.25, 0.3) is 0 Å². The summed E-state index contributed by atoms with van der Waals surface area (Å²) in [5.74, 6) is -7.98. The second-order valence-corrected chi connectivity index (χ2v) is 15.7. The fraction of sp³-hybridized carbons (Fsp3) is 0.524. The van der Waals surface area contributed by atoms with Crippen molar-refractivity contribution in [2.45, 2.75) is 116 Å². The van der Waals surface area contributed by atoms with E-state index in [0.717, 1.165) is 0 Å². The number of carbonyl (C=O) groups excluding carboxylic acids is 8. The maximum absolute atomic E-state index is 14.6. The number of rotatable bonds is 13. The molecule has 17 nitrogen and oxygen atoms in total. The van der Waals surface area contributed by atoms with Crippen LogP contribution in [0.5, 0.6) is 5.75 Å². The van der Waals surface area contributed by atoms with E-state index in [1.54, 1.807) is 70.2 Å². The Morgan fingerprint density at radius 2 is 1.31 bits per heavy atom. The molecule has 0 radical (unpaired) electrons. The molecule has 3 rings (SSSR count). The molecule has 17 heteroatoms. The minimum absolute atomic E-state index is 0.0476. The van der Waals surface area contributed by atoms with Gasteiger partial charge in [-0.3, -0.25) is 38.4 Å². The smallest absolute Gasteiger partial charge is 0.243 e. The Bertz CT molecular complexity index is 1790. The van der Waals surface area contributed by atoms with Gasteiger partial charge in [0.15, 0.2) is 5.78 Å². The van der Waals surface area contributed by atoms with Crippen LogP contribution in [0.3, 0.4) is 0 Å². The monoisotopic (exact) mass is 820 g/mol. The number of aromatic hydroxyl groups is 1. The summed E-state index contributed by atoms with van der Waals surface area (Å²) in [6, 6.07) is 8.03. The molecule has 1 aliphatic rings. The van der Waals surface area contributed by atoms with Crippen molar-refractivity contribution in [3.05, 3.63) is 65.7 Å². The van der Waals surface area contributed by atoms with Gasteiger partial charge in [0.05, 0.1) is 18.0 Å². The molecular formula is C42H60N8O9. The number of benzene rings is 2. The van der Waals surface area contributed by atoms with Gasteiger partial charge in [-0.25, -0.2) is 0 Å². The maximum Gasteiger partial charge on any atom is 0.243 e. The van der Waals surface area contributed by atoms with Gasteiger partial charge in [-0.15, -0.1) is 0 Å². The van der Waals surface area contributed by atoms with Crippen LogP contribution in [0.1, 0.15) is 77.8 Å². The first-order chi connectivity index (χ1) is 27.9. The van der Waals surface area contributed by atoms with Crippen LogP contribution in [-0.2, 0) is 51.2 Å². The van der Waals surface area contributed by atoms with E-state index >= 15 is 0 Å². The summed E-state index contributed by atoms with van der Waals surface area (Å²) in [6.45, 7) is 8.37. The van der Waals surface area contributed by atoms with Gasteiger partial charge in [0, 0.05) is 13.0 Å². The molecule has 0 aromatic heterocycles. The van der Waals surface area contributed by atoms with Gasteiger partial charge >= 0.3 is 0 Å². The lowest BCUT2D eigenvalue weighted by atomic mass is 9.88. The summed E-state index contributed by atoms with van der Waals surface area (Å²) >= 11 is 0. The summed E-state index contributed by atoms with van der Waals surface area (Å²) in [4.78, 5) is 108. The Morgan fingerprint density at radius 3 is 1.90 bits per heavy atom. The van der Waals surface area contributed by atoms with Gasteiger partial charge in [-0.05, 0) is 80.5 Å². The molecule has 0 bridgehead atoms. The summed E-state index contributed by atoms with van der Waals surface area (Å²) in [6.07, 6.45) is 0.579. The normalized spacial score (nSPS) is 21.6. The second kappa shape index (κ2) is 22.9. The van der Waals surface area contributed by atoms with Crippen LogP contribution >= 0.6 is 0 Å². The van der Waals surface area contributed by atoms with E-state index in [0.29, 0.717) is 24.0 Å². The third-order valence-corrected chi connectivity index (χ3v) is 10.1. The lowest BCUT2D eigenvalue weighted by Crippen LogP contribution is -2.60. The number of hydrogen-bond acceptors (Lipinski definition) is 10. The minimum Gasteiger partial charge on any atom is -0.508 e. The van der Waals surface area contributed by atoms with Gasteiger partial charge in [0.1, 0.15) is 29.9 Å². The van der Waals surface area contributed by atoms with E-state index < -0.39 is 101 Å². The third-order valence-electron chi connectivity index (χ3n) is 10.1. The number of carbonyl (C=O) groups is 8. The van der Waals surface area contributed by atoms with Crippen molar-refractivity contribution in [2.75, 3.05) is 6.54 Å². The van der Waals surface area contributed by atoms with Crippen molar-refractivity contribution in [3.63, 3.8) is 0 Å². The topological polar surface area (TPSA) is 281 Å². The molecule has 322 valence electrons. The zero-order valence-electron chi connectivity index (χ0n) is 34.4. The molecule has 2 aromatic rings. The predicted octanol–water partition coefficient (Wildman–Crippen LogP) is 0.0115. The van der Waals surface area contributed by atoms with E-state index in [2.05, 4.69) is 31.9 Å². The van der Waals surface area contributed by atoms with Crippen LogP contribution in [0.4, 0.5) is 0 Å². The molecule has 1 heterocycles. The Morgan fingerprint density at radius 1 is 0.729 bits per heavy atom. The van der Waals surface area contributed by atoms with E-state index in [9.17, 15) is 43.5 Å². The van der Waals surface area contributed by atoms with Gasteiger partial charge in [0.25, 0.3) is 0 Å². The highest BCUT2D eigenvalue weighted by molar-refractivity contribution is 6.06. The van der Waals surface area contributed by atoms with E-state index in [1.807, 2.05) is 0 Å². The van der Waals surface area contributed by atoms with E-state index in [-0.39, 0.29) is 44.4 Å². The number of phenolic OH excluding ortho intramolecular Hbond substituents is 1. The molecule has 1 fully saturated rings. The van der Waals surface area contributed by atoms with Crippen molar-refractivity contribution < 1.29 is 43.5 Å². The van der Waals surface area contributed by atoms with Crippen LogP contribution in [0.15, 0.2) is 54.6 Å². The van der Waals surface area contributed by atoms with Crippen molar-refractivity contribution in [2.24, 2.45) is 29.2 Å². The fourth-order valence-electron chi connectivity index (χ4n) is 6.56. The standard InChI is InChI=1S/C42H60N8O9/c1-23(2)34-41(58)47-31(37(44)54)13-9-10-20-45-33(52)19-18-29(39(56)49-35(24(3)4)42(59)50-34)36(53)32(22-26-11-7-6-8-12-26)48-38(55)25(5)46-40(57)30(43)21-27-14-16-28(51)17-15-27/h6-8,11-12,14-17,23-25,29-32,34-35,51H,9-10,13,18-22,43H2,1-5H3,(H2,44,54)(H,45,52)(H,46,57)(H,47,58)(H,48,55)(H,49,56)(H,50,59)/t25-,29+,30+,31+,32+,34?,35?/m1/s1. The fourth-order valence-corrected chi connectivity index (χ4v) is 6.56. The maximum atomic E-state index is 14.6. The summed E-state index contributed by atoms with van der Waals surface area (Å²) in [5, 5.41) is 25.5. The van der Waals surface area contributed by atoms with Gasteiger partial charge < -0.3 is 48.5 Å². The van der Waals surface area contributed by atoms with Crippen LogP contribution < -0.4 is 43.4 Å². The molecule has 1 saturated heterocycles. The number of nitrogens with two attached hydrogens (primary N) is 2. The highest BCUT2D eigenvalue weighted by atomic mass is 16.3. The molecule has 1 aliphatic heterocycles. The van der Waals surface area contributed by atoms with Gasteiger partial charge in [-0.1, -0.05) is 70.2 Å². The number of nitrogens with one attached hydrogen (secondary N) is 6. The zero-order chi connectivity index (χ0) is 43.8. The highest BCUT2D eigenvalue weighted by Gasteiger charge is 2.38. The van der Waals surface area contributed by atoms with Crippen LogP contribution in [-0.4, -0.2) is 95.0 Å². The number of ketones is 1. The number of hydrogen-bond donors (Lipinski definition) is 9. The average Bonchev–Trinajstić information content (AvgIpc) is 3.18. The summed E-state index contributed by atoms with van der Waals surface area (Å²) in [5.41, 5.74) is 13.0. The molecule has 0 spiro atoms. The van der Waals surface area contributed by atoms with Gasteiger partial charge in [0.2, 0.25) is 41.4 Å². The zero-order valence-corrected chi connectivity index (χ0v) is 34.4. The first-order valence-corrected chi connectivity index (χ1v) is 20.1. The Kier molecular flexibility index (Phi) is 18.5. The molecule has 59 heavy (non-hydrogen) atoms. The summed E-state index contributed by atoms with van der Waals surface area (Å²) < 4.78 is 0. The Balaban J connectivity index is 1.91. The quantitative estimate of drug-likeness (QED) is 0.122. The van der Waals surface area contributed by atoms with E-state index in [4.69, 9.17) is 11.5 Å². The SMILES string of the molecule is CC(C)C1NC(=O)C(C(C)C)NC(=O)[C@H](C(=O)[C@H](Cc2ccccc2)NC(=O)[C@@H](C)NC(=O)[C@@H](N)Cc2ccc(O)cc2)CCC(=O)NCCCC[C@@H](C(N)=O)NC1=O. The van der Waals surface area contributed by atoms with Crippen LogP contribution in [0, 0.1) is 17.8 Å². The third kappa shape index (κ3) is 15.1. The molecule has 2 aromatic carbocycles. The number of Topliss-reactive ketones (excluding diaryl/α,β-unsaturated/α-hetero) is 1. The first kappa shape index (κ1) is 47.5. The molecule has 7 atom stereocenters. The average molecular weight is 821 g/mol. The van der Waals surface area contributed by atoms with Crippen LogP contribution in [0.2, 0.25) is 0 Å². The van der Waals surface area contributed by atoms with Crippen molar-refractivity contribution in [1.82, 2.24) is 31.9 Å². The van der Waals surface area contributed by atoms with Crippen molar-refractivity contribution in [3.8, 4) is 5.75 Å². The molecule has 0 aliphatic carbocycles. The molecular weight excluding hydrogens is 761 g/mol. The Hall–Kier alpha value is -5.84. The predicted molar refractivity (Wildman–Crippen MR) is 219 cm³/mol. The van der Waals surface area contributed by atoms with E-state index in [1.165, 1.54) is 19.1 Å². The first-order valence-electron chi connectivity index (χ1n) is 20.1. The Labute approximate surface area is 344 Å². The number of phenols is 1. The lowest BCUT2D eigenvalue weighted by molar-refractivity contribution is -0.140. The second-order valence-electron chi connectivity index (χ2n) is 15.7. The highest BCUT2D eigenvalue weighted by Crippen LogP contribution is 2.18. The lowest BCUT2D eigenvalue weighted by Gasteiger charge is -2.30. The molecule has 2 unspecified atom stereocenters. The van der Waals surface area contributed by atoms with Gasteiger partial charge in [-0.2, -0.15) is 0 Å². The molecule has 11 N–H and O–H groups in total. The van der Waals surface area contributed by atoms with Crippen molar-refractivity contribution >= 4 is 47.1 Å². The molecule has 0 saturated carbocycles. The largest absolute Gasteiger partial charge is 0.508 e.